The van der Waals surface area contributed by atoms with Gasteiger partial charge < -0.3 is 14.3 Å². The lowest BCUT2D eigenvalue weighted by Gasteiger charge is -2.21. The Bertz CT molecular complexity index is 1090. The highest BCUT2D eigenvalue weighted by atomic mass is 32.2. The van der Waals surface area contributed by atoms with Gasteiger partial charge in [0.1, 0.15) is 0 Å². The molecule has 2 aromatic rings. The molecule has 1 atom stereocenters. The van der Waals surface area contributed by atoms with Crippen LogP contribution < -0.4 is 5.32 Å². The van der Waals surface area contributed by atoms with Crippen molar-refractivity contribution < 1.29 is 31.9 Å². The summed E-state index contributed by atoms with van der Waals surface area (Å²) in [7, 11) is -3.49. The molecular formula is C21H24FN3O6S2. The molecule has 0 bridgehead atoms. The van der Waals surface area contributed by atoms with Crippen LogP contribution in [0.4, 0.5) is 9.52 Å². The summed E-state index contributed by atoms with van der Waals surface area (Å²) in [6, 6.07) is 5.92. The van der Waals surface area contributed by atoms with Gasteiger partial charge >= 0.3 is 0 Å². The fourth-order valence-corrected chi connectivity index (χ4v) is 5.79. The van der Waals surface area contributed by atoms with Crippen molar-refractivity contribution in [2.45, 2.75) is 30.3 Å². The molecule has 9 nitrogen and oxygen atoms in total. The summed E-state index contributed by atoms with van der Waals surface area (Å²) in [6.07, 6.45) is 2.78. The molecular weight excluding hydrogens is 473 g/mol. The van der Waals surface area contributed by atoms with E-state index in [1.807, 2.05) is 0 Å². The van der Waals surface area contributed by atoms with Crippen molar-refractivity contribution in [3.63, 3.8) is 0 Å². The third-order valence-electron chi connectivity index (χ3n) is 5.38. The minimum absolute atomic E-state index is 0.0531. The van der Waals surface area contributed by atoms with Gasteiger partial charge in [0.05, 0.1) is 30.1 Å². The average Bonchev–Trinajstić information content (AvgIpc) is 3.46. The van der Waals surface area contributed by atoms with E-state index in [2.05, 4.69) is 15.5 Å². The Morgan fingerprint density at radius 3 is 2.55 bits per heavy atom. The molecule has 0 unspecified atom stereocenters. The van der Waals surface area contributed by atoms with Crippen LogP contribution in [-0.2, 0) is 28.9 Å². The van der Waals surface area contributed by atoms with Crippen LogP contribution in [0.15, 0.2) is 40.5 Å². The Hall–Kier alpha value is -2.41. The Kier molecular flexibility index (Phi) is 7.68. The van der Waals surface area contributed by atoms with E-state index in [0.717, 1.165) is 6.20 Å². The van der Waals surface area contributed by atoms with Crippen molar-refractivity contribution >= 4 is 37.9 Å². The Labute approximate surface area is 194 Å². The molecule has 0 radical (unpaired) electrons. The lowest BCUT2D eigenvalue weighted by Crippen LogP contribution is -2.25. The number of halogens is 1. The van der Waals surface area contributed by atoms with Gasteiger partial charge in [-0.05, 0) is 30.9 Å². The molecule has 4 rings (SSSR count). The highest BCUT2D eigenvalue weighted by molar-refractivity contribution is 7.91. The average molecular weight is 498 g/mol. The summed E-state index contributed by atoms with van der Waals surface area (Å²) in [6.45, 7) is 2.05. The van der Waals surface area contributed by atoms with Gasteiger partial charge in [0.25, 0.3) is 5.91 Å². The predicted octanol–water partition coefficient (Wildman–Crippen LogP) is 2.63. The number of nitrogens with zero attached hydrogens (tertiary/aromatic N) is 2. The highest BCUT2D eigenvalue weighted by Gasteiger charge is 2.25. The maximum absolute atomic E-state index is 13.3. The molecule has 178 valence electrons. The first-order chi connectivity index (χ1) is 15.9. The van der Waals surface area contributed by atoms with Crippen molar-refractivity contribution in [2.24, 2.45) is 11.1 Å². The van der Waals surface area contributed by atoms with E-state index in [1.165, 1.54) is 24.3 Å². The number of ether oxygens (including phenoxy) is 2. The zero-order chi connectivity index (χ0) is 23.3. The van der Waals surface area contributed by atoms with Gasteiger partial charge in [-0.1, -0.05) is 28.6 Å². The van der Waals surface area contributed by atoms with Crippen LogP contribution in [0.5, 0.6) is 0 Å². The number of nitrogens with one attached hydrogen (secondary N) is 1. The molecule has 0 saturated carbocycles. The molecule has 0 spiro atoms. The topological polar surface area (TPSA) is 116 Å². The number of anilines is 1. The zero-order valence-corrected chi connectivity index (χ0v) is 19.4. The van der Waals surface area contributed by atoms with Crippen LogP contribution in [0, 0.1) is 11.0 Å². The number of sulfone groups is 1. The summed E-state index contributed by atoms with van der Waals surface area (Å²) >= 11 is 0.681. The number of benzene rings is 1. The lowest BCUT2D eigenvalue weighted by atomic mass is 10.0. The van der Waals surface area contributed by atoms with Gasteiger partial charge in [-0.15, -0.1) is 0 Å². The fraction of sp³-hybridized carbons (Fsp3) is 0.476. The number of amides is 1. The van der Waals surface area contributed by atoms with E-state index in [9.17, 15) is 17.6 Å². The first-order valence-electron chi connectivity index (χ1n) is 10.6. The molecule has 12 heteroatoms. The Balaban J connectivity index is 1.52. The van der Waals surface area contributed by atoms with E-state index in [0.29, 0.717) is 62.6 Å². The minimum atomic E-state index is -3.49. The fourth-order valence-electron chi connectivity index (χ4n) is 3.56. The lowest BCUT2D eigenvalue weighted by molar-refractivity contribution is -0.110. The normalized spacial score (nSPS) is 20.0. The van der Waals surface area contributed by atoms with Crippen molar-refractivity contribution in [1.82, 2.24) is 4.98 Å². The van der Waals surface area contributed by atoms with Gasteiger partial charge in [-0.2, -0.15) is 4.39 Å². The summed E-state index contributed by atoms with van der Waals surface area (Å²) < 4.78 is 49.5. The number of carbonyl (C=O) groups is 1. The van der Waals surface area contributed by atoms with Crippen LogP contribution in [0.1, 0.15) is 24.8 Å². The van der Waals surface area contributed by atoms with Crippen LogP contribution >= 0.6 is 11.3 Å². The SMILES string of the molecule is O=C(Nc1ncc(F)s1)/C(=N/O[C@@H]1CCOC1)c1ccc(S(=O)(=O)CC2CCOCC2)cc1. The van der Waals surface area contributed by atoms with Gasteiger partial charge in [0.2, 0.25) is 0 Å². The number of hydrogen-bond donors (Lipinski definition) is 1. The smallest absolute Gasteiger partial charge is 0.280 e. The molecule has 3 heterocycles. The van der Waals surface area contributed by atoms with Crippen LogP contribution in [0.3, 0.4) is 0 Å². The number of carbonyl (C=O) groups excluding carboxylic acids is 1. The van der Waals surface area contributed by atoms with Gasteiger partial charge in [-0.25, -0.2) is 13.4 Å². The quantitative estimate of drug-likeness (QED) is 0.440. The second-order valence-electron chi connectivity index (χ2n) is 7.82. The molecule has 1 amide bonds. The third-order valence-corrected chi connectivity index (χ3v) is 7.98. The van der Waals surface area contributed by atoms with Gasteiger partial charge in [0, 0.05) is 25.2 Å². The Morgan fingerprint density at radius 1 is 1.18 bits per heavy atom. The molecule has 2 aliphatic rings. The summed E-state index contributed by atoms with van der Waals surface area (Å²) in [4.78, 5) is 22.2. The number of aromatic nitrogens is 1. The summed E-state index contributed by atoms with van der Waals surface area (Å²) in [5, 5.41) is 6.04. The first-order valence-corrected chi connectivity index (χ1v) is 13.0. The molecule has 1 aromatic carbocycles. The maximum atomic E-state index is 13.3. The van der Waals surface area contributed by atoms with Crippen LogP contribution in [0.25, 0.3) is 0 Å². The number of rotatable bonds is 8. The second-order valence-corrected chi connectivity index (χ2v) is 10.8. The number of oxime groups is 1. The summed E-state index contributed by atoms with van der Waals surface area (Å²) in [5.41, 5.74) is 0.277. The molecule has 2 saturated heterocycles. The molecule has 0 aliphatic carbocycles. The minimum Gasteiger partial charge on any atom is -0.389 e. The third kappa shape index (κ3) is 6.34. The monoisotopic (exact) mass is 497 g/mol. The van der Waals surface area contributed by atoms with Gasteiger partial charge in [-0.3, -0.25) is 10.1 Å². The van der Waals surface area contributed by atoms with E-state index >= 15 is 0 Å². The first kappa shape index (κ1) is 23.7. The predicted molar refractivity (Wildman–Crippen MR) is 120 cm³/mol. The van der Waals surface area contributed by atoms with Crippen molar-refractivity contribution in [2.75, 3.05) is 37.5 Å². The second kappa shape index (κ2) is 10.7. The van der Waals surface area contributed by atoms with E-state index in [4.69, 9.17) is 14.3 Å². The zero-order valence-electron chi connectivity index (χ0n) is 17.7. The number of thiazole rings is 1. The molecule has 2 aliphatic heterocycles. The number of hydrogen-bond acceptors (Lipinski definition) is 9. The highest BCUT2D eigenvalue weighted by Crippen LogP contribution is 2.22. The maximum Gasteiger partial charge on any atom is 0.280 e. The van der Waals surface area contributed by atoms with Crippen LogP contribution in [-0.4, -0.2) is 63.3 Å². The molecule has 1 N–H and O–H groups in total. The van der Waals surface area contributed by atoms with E-state index in [-0.39, 0.29) is 33.5 Å². The van der Waals surface area contributed by atoms with Crippen molar-refractivity contribution in [1.29, 1.82) is 0 Å². The molecule has 33 heavy (non-hydrogen) atoms. The van der Waals surface area contributed by atoms with E-state index < -0.39 is 20.9 Å². The molecule has 1 aromatic heterocycles. The standard InChI is InChI=1S/C21H24FN3O6S2/c22-18-11-23-21(32-18)24-20(26)19(25-31-16-7-10-30-12-16)15-1-3-17(4-2-15)33(27,28)13-14-5-8-29-9-6-14/h1-4,11,14,16H,5-10,12-13H2,(H,23,24,26)/b25-19+/t16-/m1/s1. The molecule has 2 fully saturated rings. The van der Waals surface area contributed by atoms with Gasteiger partial charge in [0.15, 0.2) is 31.9 Å². The van der Waals surface area contributed by atoms with Crippen LogP contribution in [0.2, 0.25) is 0 Å². The van der Waals surface area contributed by atoms with Crippen molar-refractivity contribution in [3.8, 4) is 0 Å². The summed E-state index contributed by atoms with van der Waals surface area (Å²) in [5.74, 6) is -0.537. The van der Waals surface area contributed by atoms with Crippen molar-refractivity contribution in [3.05, 3.63) is 41.2 Å². The van der Waals surface area contributed by atoms with E-state index in [1.54, 1.807) is 0 Å². The Morgan fingerprint density at radius 2 is 1.91 bits per heavy atom. The largest absolute Gasteiger partial charge is 0.389 e.